The number of hydrogen-bond donors (Lipinski definition) is 3. The Morgan fingerprint density at radius 1 is 1.30 bits per heavy atom. The van der Waals surface area contributed by atoms with E-state index in [-0.39, 0.29) is 4.48 Å². The van der Waals surface area contributed by atoms with E-state index in [1.807, 2.05) is 0 Å². The van der Waals surface area contributed by atoms with Gasteiger partial charge in [0, 0.05) is 11.9 Å². The molecule has 0 unspecified atom stereocenters. The van der Waals surface area contributed by atoms with Crippen molar-refractivity contribution in [3.63, 3.8) is 0 Å². The summed E-state index contributed by atoms with van der Waals surface area (Å²) in [6.07, 6.45) is 1.07. The lowest BCUT2D eigenvalue weighted by atomic mass is 10.2. The first-order valence-electron chi connectivity index (χ1n) is 8.47. The second-order valence-electron chi connectivity index (χ2n) is 6.42. The maximum Gasteiger partial charge on any atom is 0.297 e. The molecule has 3 N–H and O–H groups in total. The smallest absolute Gasteiger partial charge is 0.297 e. The molecule has 1 fully saturated rings. The number of anilines is 1. The highest BCUT2D eigenvalue weighted by Crippen LogP contribution is 2.18. The Bertz CT molecular complexity index is 832. The predicted octanol–water partition coefficient (Wildman–Crippen LogP) is 0.959. The normalized spacial score (nSPS) is 16.9. The third-order valence-electron chi connectivity index (χ3n) is 4.35. The molecular formula is C17H23BrFN4O3S+. The van der Waals surface area contributed by atoms with Gasteiger partial charge in [-0.15, -0.1) is 0 Å². The Balaban J connectivity index is 2.10. The van der Waals surface area contributed by atoms with Gasteiger partial charge in [0.2, 0.25) is 0 Å². The van der Waals surface area contributed by atoms with E-state index in [0.717, 1.165) is 6.21 Å². The fourth-order valence-electron chi connectivity index (χ4n) is 2.74. The summed E-state index contributed by atoms with van der Waals surface area (Å²) >= 11 is 3.23. The van der Waals surface area contributed by atoms with E-state index in [1.165, 1.54) is 24.3 Å². The Kier molecular flexibility index (Phi) is 7.12. The lowest BCUT2D eigenvalue weighted by Crippen LogP contribution is -3.17. The highest BCUT2D eigenvalue weighted by molar-refractivity contribution is 9.12. The van der Waals surface area contributed by atoms with Crippen LogP contribution in [0.15, 0.2) is 34.4 Å². The molecule has 1 aliphatic rings. The molecule has 1 aliphatic heterocycles. The van der Waals surface area contributed by atoms with Gasteiger partial charge in [0.1, 0.15) is 28.6 Å². The molecule has 2 rings (SSSR count). The molecule has 1 aromatic rings. The largest absolute Gasteiger partial charge is 0.358 e. The van der Waals surface area contributed by atoms with Gasteiger partial charge in [-0.3, -0.25) is 4.79 Å². The molecule has 1 amide bonds. The van der Waals surface area contributed by atoms with Crippen LogP contribution in [0.4, 0.5) is 10.1 Å². The lowest BCUT2D eigenvalue weighted by molar-refractivity contribution is -0.773. The number of halogens is 2. The zero-order chi connectivity index (χ0) is 20.2. The molecule has 1 saturated heterocycles. The van der Waals surface area contributed by atoms with Crippen LogP contribution < -0.4 is 9.62 Å². The molecule has 148 valence electrons. The number of amides is 1. The van der Waals surface area contributed by atoms with Gasteiger partial charge in [0.15, 0.2) is 0 Å². The van der Waals surface area contributed by atoms with Crippen molar-refractivity contribution in [2.24, 2.45) is 0 Å². The van der Waals surface area contributed by atoms with Crippen molar-refractivity contribution in [1.29, 1.82) is 5.41 Å². The third kappa shape index (κ3) is 5.14. The average molecular weight is 462 g/mol. The summed E-state index contributed by atoms with van der Waals surface area (Å²) in [4.78, 5) is 14.2. The second kappa shape index (κ2) is 8.94. The van der Waals surface area contributed by atoms with Gasteiger partial charge in [0.05, 0.1) is 18.8 Å². The van der Waals surface area contributed by atoms with Gasteiger partial charge in [0.25, 0.3) is 15.9 Å². The number of allylic oxidation sites excluding steroid dienone is 1. The van der Waals surface area contributed by atoms with Crippen LogP contribution in [-0.2, 0) is 14.8 Å². The Hall–Kier alpha value is -1.78. The van der Waals surface area contributed by atoms with Crippen LogP contribution in [0.25, 0.3) is 0 Å². The van der Waals surface area contributed by atoms with Crippen LogP contribution in [-0.4, -0.2) is 56.9 Å². The van der Waals surface area contributed by atoms with E-state index >= 15 is 0 Å². The molecule has 0 atom stereocenters. The molecule has 0 bridgehead atoms. The van der Waals surface area contributed by atoms with Crippen molar-refractivity contribution in [3.8, 4) is 0 Å². The minimum atomic E-state index is -3.24. The van der Waals surface area contributed by atoms with Crippen LogP contribution in [0.2, 0.25) is 0 Å². The quantitative estimate of drug-likeness (QED) is 0.434. The lowest BCUT2D eigenvalue weighted by Gasteiger charge is -2.34. The van der Waals surface area contributed by atoms with Crippen LogP contribution in [0, 0.1) is 11.2 Å². The molecular weight excluding hydrogens is 439 g/mol. The molecule has 0 aliphatic carbocycles. The number of benzene rings is 1. The van der Waals surface area contributed by atoms with Crippen molar-refractivity contribution in [1.82, 2.24) is 4.90 Å². The van der Waals surface area contributed by atoms with Crippen LogP contribution in [0.5, 0.6) is 0 Å². The summed E-state index contributed by atoms with van der Waals surface area (Å²) < 4.78 is 38.2. The number of piperazine rings is 1. The van der Waals surface area contributed by atoms with Gasteiger partial charge in [-0.05, 0) is 54.0 Å². The predicted molar refractivity (Wildman–Crippen MR) is 106 cm³/mol. The Morgan fingerprint density at radius 2 is 1.85 bits per heavy atom. The summed E-state index contributed by atoms with van der Waals surface area (Å²) in [6, 6.07) is 5.36. The van der Waals surface area contributed by atoms with Crippen LogP contribution >= 0.6 is 15.9 Å². The summed E-state index contributed by atoms with van der Waals surface area (Å²) in [5.74, 6) is -0.871. The van der Waals surface area contributed by atoms with Crippen molar-refractivity contribution in [2.75, 3.05) is 31.5 Å². The summed E-state index contributed by atoms with van der Waals surface area (Å²) in [7, 11) is -3.24. The van der Waals surface area contributed by atoms with E-state index in [4.69, 9.17) is 5.41 Å². The van der Waals surface area contributed by atoms with Gasteiger partial charge in [-0.2, -0.15) is 8.42 Å². The fraction of sp³-hybridized carbons (Fsp3) is 0.412. The van der Waals surface area contributed by atoms with Crippen molar-refractivity contribution < 1.29 is 21.9 Å². The molecule has 0 radical (unpaired) electrons. The minimum absolute atomic E-state index is 0.164. The summed E-state index contributed by atoms with van der Waals surface area (Å²) in [5, 5.41) is 9.84. The molecule has 0 saturated carbocycles. The van der Waals surface area contributed by atoms with Crippen molar-refractivity contribution >= 4 is 43.8 Å². The summed E-state index contributed by atoms with van der Waals surface area (Å²) in [5.41, 5.74) is 0.801. The third-order valence-corrected chi connectivity index (χ3v) is 7.57. The second-order valence-corrected chi connectivity index (χ2v) is 9.83. The molecule has 1 aromatic carbocycles. The Labute approximate surface area is 166 Å². The standard InChI is InChI=1S/C17H22BrFN4O3S/c1-12(2)27(25,26)23-9-7-22(8-10-23)15(11-20)16(18)17(24)21-14-5-3-13(19)4-6-14/h3-6,11-12,20H,7-10H2,1-2H3,(H,21,24)/p+1/b16-15-,20-11?. The highest BCUT2D eigenvalue weighted by Gasteiger charge is 2.34. The molecule has 0 aromatic heterocycles. The summed E-state index contributed by atoms with van der Waals surface area (Å²) in [6.45, 7) is 4.88. The fourth-order valence-corrected chi connectivity index (χ4v) is 4.63. The van der Waals surface area contributed by atoms with Crippen molar-refractivity contribution in [2.45, 2.75) is 19.1 Å². The average Bonchev–Trinajstić information content (AvgIpc) is 2.64. The van der Waals surface area contributed by atoms with E-state index in [2.05, 4.69) is 21.2 Å². The zero-order valence-corrected chi connectivity index (χ0v) is 17.5. The number of carbonyl (C=O) groups excluding carboxylic acids is 1. The number of rotatable bonds is 6. The van der Waals surface area contributed by atoms with Crippen molar-refractivity contribution in [3.05, 3.63) is 40.3 Å². The first-order chi connectivity index (χ1) is 12.7. The monoisotopic (exact) mass is 461 g/mol. The van der Waals surface area contributed by atoms with Crippen LogP contribution in [0.3, 0.4) is 0 Å². The van der Waals surface area contributed by atoms with Gasteiger partial charge in [-0.1, -0.05) is 0 Å². The number of quaternary nitrogens is 1. The topological polar surface area (TPSA) is 94.8 Å². The number of hydrogen-bond acceptors (Lipinski definition) is 5. The number of carbonyl (C=O) groups is 1. The first-order valence-corrected chi connectivity index (χ1v) is 10.8. The van der Waals surface area contributed by atoms with E-state index < -0.39 is 27.0 Å². The van der Waals surface area contributed by atoms with Gasteiger partial charge in [-0.25, -0.2) is 8.70 Å². The molecule has 0 spiro atoms. The maximum absolute atomic E-state index is 13.0. The highest BCUT2D eigenvalue weighted by atomic mass is 79.9. The maximum atomic E-state index is 13.0. The van der Waals surface area contributed by atoms with Gasteiger partial charge < -0.3 is 15.6 Å². The van der Waals surface area contributed by atoms with Gasteiger partial charge >= 0.3 is 0 Å². The molecule has 27 heavy (non-hydrogen) atoms. The molecule has 7 nitrogen and oxygen atoms in total. The Morgan fingerprint density at radius 3 is 2.33 bits per heavy atom. The first kappa shape index (κ1) is 21.5. The number of sulfonamides is 1. The number of nitrogens with one attached hydrogen (secondary N) is 3. The molecule has 10 heteroatoms. The number of nitrogens with zero attached hydrogens (tertiary/aromatic N) is 1. The van der Waals surface area contributed by atoms with E-state index in [9.17, 15) is 17.6 Å². The van der Waals surface area contributed by atoms with E-state index in [1.54, 1.807) is 18.7 Å². The van der Waals surface area contributed by atoms with E-state index in [0.29, 0.717) is 41.9 Å². The zero-order valence-electron chi connectivity index (χ0n) is 15.1. The minimum Gasteiger partial charge on any atom is -0.358 e. The van der Waals surface area contributed by atoms with Crippen LogP contribution in [0.1, 0.15) is 13.8 Å². The molecule has 1 heterocycles. The SMILES string of the molecule is CC(C)S(=O)(=O)[NH+]1CCN(/C(C=N)=C(\Br)C(=O)Nc2ccc(F)cc2)CC1.